The number of allylic oxidation sites excluding steroid dienone is 1. The number of benzene rings is 2. The molecule has 18 heavy (non-hydrogen) atoms. The Labute approximate surface area is 112 Å². The van der Waals surface area contributed by atoms with Gasteiger partial charge >= 0.3 is 0 Å². The molecule has 0 aliphatic carbocycles. The molecule has 0 spiro atoms. The average molecular weight is 257 g/mol. The molecule has 0 amide bonds. The highest BCUT2D eigenvalue weighted by Crippen LogP contribution is 2.16. The van der Waals surface area contributed by atoms with Gasteiger partial charge in [0.25, 0.3) is 0 Å². The lowest BCUT2D eigenvalue weighted by Crippen LogP contribution is -1.93. The Morgan fingerprint density at radius 3 is 2.39 bits per heavy atom. The molecule has 90 valence electrons. The Kier molecular flexibility index (Phi) is 3.96. The fraction of sp³-hybridized carbons (Fsp3) is 0.0625. The van der Waals surface area contributed by atoms with E-state index in [4.69, 9.17) is 11.6 Å². The molecule has 1 nitrogen and oxygen atoms in total. The van der Waals surface area contributed by atoms with Crippen LogP contribution in [0.3, 0.4) is 0 Å². The van der Waals surface area contributed by atoms with Gasteiger partial charge in [-0.3, -0.25) is 4.79 Å². The van der Waals surface area contributed by atoms with E-state index in [1.165, 1.54) is 0 Å². The van der Waals surface area contributed by atoms with Gasteiger partial charge in [0.05, 0.1) is 0 Å². The van der Waals surface area contributed by atoms with E-state index in [-0.39, 0.29) is 5.78 Å². The van der Waals surface area contributed by atoms with E-state index in [1.807, 2.05) is 49.4 Å². The number of halogens is 1. The summed E-state index contributed by atoms with van der Waals surface area (Å²) in [6.07, 6.45) is 3.29. The van der Waals surface area contributed by atoms with E-state index in [0.717, 1.165) is 11.1 Å². The summed E-state index contributed by atoms with van der Waals surface area (Å²) in [6.45, 7) is 1.99. The molecule has 0 N–H and O–H groups in total. The summed E-state index contributed by atoms with van der Waals surface area (Å²) in [5, 5.41) is 0.644. The van der Waals surface area contributed by atoms with Crippen molar-refractivity contribution in [1.82, 2.24) is 0 Å². The molecule has 0 radical (unpaired) electrons. The molecule has 0 saturated carbocycles. The molecule has 0 atom stereocenters. The molecule has 0 bridgehead atoms. The second kappa shape index (κ2) is 5.65. The van der Waals surface area contributed by atoms with Crippen LogP contribution in [-0.2, 0) is 0 Å². The molecule has 2 aromatic carbocycles. The second-order valence-corrected chi connectivity index (χ2v) is 4.49. The number of hydrogen-bond donors (Lipinski definition) is 0. The maximum absolute atomic E-state index is 11.9. The zero-order chi connectivity index (χ0) is 13.0. The molecular formula is C16H13ClO. The first kappa shape index (κ1) is 12.6. The lowest BCUT2D eigenvalue weighted by Gasteiger charge is -1.98. The Balaban J connectivity index is 2.17. The fourth-order valence-corrected chi connectivity index (χ4v) is 1.79. The largest absolute Gasteiger partial charge is 0.289 e. The summed E-state index contributed by atoms with van der Waals surface area (Å²) in [6, 6.07) is 14.9. The first-order chi connectivity index (χ1) is 8.66. The predicted molar refractivity (Wildman–Crippen MR) is 76.0 cm³/mol. The third-order valence-electron chi connectivity index (χ3n) is 2.66. The maximum atomic E-state index is 11.9. The number of carbonyl (C=O) groups is 1. The monoisotopic (exact) mass is 256 g/mol. The minimum Gasteiger partial charge on any atom is -0.289 e. The van der Waals surface area contributed by atoms with Gasteiger partial charge in [-0.15, -0.1) is 0 Å². The summed E-state index contributed by atoms with van der Waals surface area (Å²) in [7, 11) is 0. The van der Waals surface area contributed by atoms with E-state index < -0.39 is 0 Å². The number of aryl methyl sites for hydroxylation is 1. The van der Waals surface area contributed by atoms with Crippen LogP contribution in [0.5, 0.6) is 0 Å². The van der Waals surface area contributed by atoms with Gasteiger partial charge in [0.1, 0.15) is 0 Å². The van der Waals surface area contributed by atoms with Crippen molar-refractivity contribution in [3.8, 4) is 0 Å². The lowest BCUT2D eigenvalue weighted by molar-refractivity contribution is 0.104. The van der Waals surface area contributed by atoms with Crippen molar-refractivity contribution in [2.45, 2.75) is 6.92 Å². The van der Waals surface area contributed by atoms with Crippen molar-refractivity contribution in [1.29, 1.82) is 0 Å². The standard InChI is InChI=1S/C16H13ClO/c1-12-6-8-14(9-7-12)16(18)11-10-13-4-2-3-5-15(13)17/h2-11H,1H3/b11-10+. The molecule has 2 rings (SSSR count). The van der Waals surface area contributed by atoms with Crippen LogP contribution >= 0.6 is 11.6 Å². The molecule has 0 aliphatic heterocycles. The van der Waals surface area contributed by atoms with Crippen molar-refractivity contribution in [3.63, 3.8) is 0 Å². The highest BCUT2D eigenvalue weighted by molar-refractivity contribution is 6.32. The minimum atomic E-state index is -0.0186. The van der Waals surface area contributed by atoms with E-state index in [2.05, 4.69) is 0 Å². The Bertz CT molecular complexity index is 582. The van der Waals surface area contributed by atoms with Gasteiger partial charge < -0.3 is 0 Å². The van der Waals surface area contributed by atoms with Gasteiger partial charge in [0, 0.05) is 10.6 Å². The molecule has 0 aromatic heterocycles. The number of ketones is 1. The van der Waals surface area contributed by atoms with E-state index in [9.17, 15) is 4.79 Å². The van der Waals surface area contributed by atoms with E-state index in [0.29, 0.717) is 10.6 Å². The van der Waals surface area contributed by atoms with Gasteiger partial charge in [-0.2, -0.15) is 0 Å². The number of hydrogen-bond acceptors (Lipinski definition) is 1. The highest BCUT2D eigenvalue weighted by Gasteiger charge is 2.01. The van der Waals surface area contributed by atoms with Gasteiger partial charge in [0.15, 0.2) is 5.78 Å². The molecule has 0 heterocycles. The van der Waals surface area contributed by atoms with Crippen LogP contribution in [0.15, 0.2) is 54.6 Å². The Hall–Kier alpha value is -1.86. The molecule has 0 aliphatic rings. The molecule has 0 unspecified atom stereocenters. The van der Waals surface area contributed by atoms with E-state index >= 15 is 0 Å². The maximum Gasteiger partial charge on any atom is 0.185 e. The van der Waals surface area contributed by atoms with Crippen molar-refractivity contribution in [3.05, 3.63) is 76.3 Å². The van der Waals surface area contributed by atoms with Gasteiger partial charge in [-0.05, 0) is 30.7 Å². The minimum absolute atomic E-state index is 0.0186. The lowest BCUT2D eigenvalue weighted by atomic mass is 10.1. The first-order valence-electron chi connectivity index (χ1n) is 5.70. The van der Waals surface area contributed by atoms with Gasteiger partial charge in [-0.1, -0.05) is 59.6 Å². The van der Waals surface area contributed by atoms with Crippen molar-refractivity contribution in [2.24, 2.45) is 0 Å². The summed E-state index contributed by atoms with van der Waals surface area (Å²) in [5.41, 5.74) is 2.67. The van der Waals surface area contributed by atoms with Crippen LogP contribution < -0.4 is 0 Å². The first-order valence-corrected chi connectivity index (χ1v) is 6.08. The van der Waals surface area contributed by atoms with Gasteiger partial charge in [-0.25, -0.2) is 0 Å². The zero-order valence-corrected chi connectivity index (χ0v) is 10.8. The molecular weight excluding hydrogens is 244 g/mol. The van der Waals surface area contributed by atoms with Gasteiger partial charge in [0.2, 0.25) is 0 Å². The van der Waals surface area contributed by atoms with Crippen LogP contribution in [0.1, 0.15) is 21.5 Å². The summed E-state index contributed by atoms with van der Waals surface area (Å²) >= 11 is 6.01. The number of rotatable bonds is 3. The van der Waals surface area contributed by atoms with Crippen LogP contribution in [0.25, 0.3) is 6.08 Å². The van der Waals surface area contributed by atoms with E-state index in [1.54, 1.807) is 18.2 Å². The number of carbonyl (C=O) groups excluding carboxylic acids is 1. The quantitative estimate of drug-likeness (QED) is 0.582. The van der Waals surface area contributed by atoms with Crippen molar-refractivity contribution >= 4 is 23.5 Å². The normalized spacial score (nSPS) is 10.8. The summed E-state index contributed by atoms with van der Waals surface area (Å²) in [5.74, 6) is -0.0186. The highest BCUT2D eigenvalue weighted by atomic mass is 35.5. The average Bonchev–Trinajstić information content (AvgIpc) is 2.38. The third kappa shape index (κ3) is 3.08. The Morgan fingerprint density at radius 1 is 1.06 bits per heavy atom. The predicted octanol–water partition coefficient (Wildman–Crippen LogP) is 4.54. The topological polar surface area (TPSA) is 17.1 Å². The van der Waals surface area contributed by atoms with Crippen LogP contribution in [0, 0.1) is 6.92 Å². The van der Waals surface area contributed by atoms with Crippen LogP contribution in [0.4, 0.5) is 0 Å². The molecule has 2 heteroatoms. The smallest absolute Gasteiger partial charge is 0.185 e. The van der Waals surface area contributed by atoms with Crippen LogP contribution in [-0.4, -0.2) is 5.78 Å². The van der Waals surface area contributed by atoms with Crippen molar-refractivity contribution < 1.29 is 4.79 Å². The summed E-state index contributed by atoms with van der Waals surface area (Å²) in [4.78, 5) is 11.9. The second-order valence-electron chi connectivity index (χ2n) is 4.09. The summed E-state index contributed by atoms with van der Waals surface area (Å²) < 4.78 is 0. The van der Waals surface area contributed by atoms with Crippen molar-refractivity contribution in [2.75, 3.05) is 0 Å². The zero-order valence-electron chi connectivity index (χ0n) is 10.1. The SMILES string of the molecule is Cc1ccc(C(=O)/C=C/c2ccccc2Cl)cc1. The molecule has 0 fully saturated rings. The van der Waals surface area contributed by atoms with Crippen LogP contribution in [0.2, 0.25) is 5.02 Å². The third-order valence-corrected chi connectivity index (χ3v) is 3.00. The molecule has 0 saturated heterocycles. The Morgan fingerprint density at radius 2 is 1.72 bits per heavy atom. The molecule has 2 aromatic rings. The fourth-order valence-electron chi connectivity index (χ4n) is 1.59.